The number of carbonyl (C=O) groups is 1. The fraction of sp³-hybridized carbons (Fsp3) is 0.0800. The molecule has 9 heteroatoms. The second-order valence-corrected chi connectivity index (χ2v) is 8.37. The van der Waals surface area contributed by atoms with Crippen molar-refractivity contribution in [3.05, 3.63) is 92.4 Å². The molecule has 0 fully saturated rings. The first kappa shape index (κ1) is 23.8. The van der Waals surface area contributed by atoms with Gasteiger partial charge in [-0.2, -0.15) is 5.01 Å². The number of amides is 1. The third kappa shape index (κ3) is 5.09. The number of halogens is 3. The molecule has 0 aliphatic carbocycles. The Morgan fingerprint density at radius 3 is 1.91 bits per heavy atom. The summed E-state index contributed by atoms with van der Waals surface area (Å²) < 4.78 is 10.4. The van der Waals surface area contributed by atoms with E-state index in [2.05, 4.69) is 10.1 Å². The van der Waals surface area contributed by atoms with Gasteiger partial charge in [0, 0.05) is 11.2 Å². The number of rotatable bonds is 5. The summed E-state index contributed by atoms with van der Waals surface area (Å²) in [5, 5.41) is 6.29. The van der Waals surface area contributed by atoms with E-state index in [4.69, 9.17) is 44.3 Å². The minimum atomic E-state index is -0.427. The highest BCUT2D eigenvalue weighted by Crippen LogP contribution is 2.39. The molecule has 34 heavy (non-hydrogen) atoms. The normalized spacial score (nSPS) is 14.7. The number of anilines is 1. The first-order valence-corrected chi connectivity index (χ1v) is 11.1. The monoisotopic (exact) mass is 513 g/mol. The van der Waals surface area contributed by atoms with Crippen LogP contribution in [0.5, 0.6) is 11.5 Å². The van der Waals surface area contributed by atoms with E-state index in [1.165, 1.54) is 12.1 Å². The maximum Gasteiger partial charge on any atom is 0.282 e. The predicted molar refractivity (Wildman–Crippen MR) is 138 cm³/mol. The molecule has 0 unspecified atom stereocenters. The molecule has 1 heterocycles. The van der Waals surface area contributed by atoms with E-state index in [9.17, 15) is 4.79 Å². The first-order valence-electron chi connectivity index (χ1n) is 10.0. The van der Waals surface area contributed by atoms with E-state index < -0.39 is 5.91 Å². The van der Waals surface area contributed by atoms with Crippen molar-refractivity contribution in [3.63, 3.8) is 0 Å². The maximum absolute atomic E-state index is 13.4. The molecule has 0 bridgehead atoms. The van der Waals surface area contributed by atoms with Crippen LogP contribution in [0.25, 0.3) is 6.08 Å². The summed E-state index contributed by atoms with van der Waals surface area (Å²) in [4.78, 5) is 17.9. The summed E-state index contributed by atoms with van der Waals surface area (Å²) in [5.74, 6) is 1.21. The summed E-state index contributed by atoms with van der Waals surface area (Å²) in [6, 6.07) is 17.6. The number of hydrogen-bond donors (Lipinski definition) is 0. The van der Waals surface area contributed by atoms with Crippen molar-refractivity contribution in [2.24, 2.45) is 10.1 Å². The van der Waals surface area contributed by atoms with E-state index in [0.717, 1.165) is 21.9 Å². The molecule has 0 aromatic heterocycles. The van der Waals surface area contributed by atoms with Crippen LogP contribution in [0.2, 0.25) is 15.1 Å². The van der Waals surface area contributed by atoms with Crippen molar-refractivity contribution in [1.29, 1.82) is 0 Å². The third-order valence-corrected chi connectivity index (χ3v) is 5.72. The highest BCUT2D eigenvalue weighted by atomic mass is 35.5. The Hall–Kier alpha value is -3.32. The zero-order valence-electron chi connectivity index (χ0n) is 18.1. The Kier molecular flexibility index (Phi) is 7.22. The van der Waals surface area contributed by atoms with Crippen molar-refractivity contribution in [2.45, 2.75) is 0 Å². The number of aliphatic imine (C=N–C) groups is 1. The van der Waals surface area contributed by atoms with Gasteiger partial charge in [0.05, 0.1) is 29.8 Å². The minimum absolute atomic E-state index is 0.193. The molecule has 1 aliphatic heterocycles. The molecule has 3 aromatic rings. The zero-order valence-corrected chi connectivity index (χ0v) is 20.4. The lowest BCUT2D eigenvalue weighted by molar-refractivity contribution is -0.114. The Morgan fingerprint density at radius 1 is 0.853 bits per heavy atom. The van der Waals surface area contributed by atoms with Crippen LogP contribution in [0, 0.1) is 0 Å². The Balaban J connectivity index is 1.76. The van der Waals surface area contributed by atoms with Gasteiger partial charge in [0.25, 0.3) is 5.91 Å². The molecule has 1 amide bonds. The second-order valence-electron chi connectivity index (χ2n) is 7.12. The molecule has 0 radical (unpaired) electrons. The van der Waals surface area contributed by atoms with Crippen LogP contribution in [-0.4, -0.2) is 32.2 Å². The molecule has 172 valence electrons. The summed E-state index contributed by atoms with van der Waals surface area (Å²) in [6.45, 7) is 0. The van der Waals surface area contributed by atoms with Crippen LogP contribution in [0.4, 0.5) is 5.69 Å². The van der Waals surface area contributed by atoms with Crippen LogP contribution < -0.4 is 14.5 Å². The topological polar surface area (TPSA) is 63.5 Å². The van der Waals surface area contributed by atoms with Crippen LogP contribution in [0.15, 0.2) is 76.3 Å². The highest BCUT2D eigenvalue weighted by Gasteiger charge is 2.33. The number of carbonyl (C=O) groups excluding carboxylic acids is 1. The lowest BCUT2D eigenvalue weighted by atomic mass is 10.1. The Morgan fingerprint density at radius 2 is 1.38 bits per heavy atom. The van der Waals surface area contributed by atoms with Gasteiger partial charge in [0.15, 0.2) is 5.84 Å². The molecule has 0 N–H and O–H groups in total. The van der Waals surface area contributed by atoms with Gasteiger partial charge in [-0.3, -0.25) is 4.79 Å². The van der Waals surface area contributed by atoms with Gasteiger partial charge < -0.3 is 9.47 Å². The number of nitrogens with zero attached hydrogens (tertiary/aromatic N) is 3. The van der Waals surface area contributed by atoms with E-state index >= 15 is 0 Å². The average Bonchev–Trinajstić information content (AvgIpc) is 3.12. The average molecular weight is 515 g/mol. The fourth-order valence-electron chi connectivity index (χ4n) is 3.21. The third-order valence-electron chi connectivity index (χ3n) is 4.93. The van der Waals surface area contributed by atoms with Gasteiger partial charge in [-0.25, -0.2) is 4.99 Å². The van der Waals surface area contributed by atoms with Gasteiger partial charge in [-0.15, -0.1) is 5.10 Å². The zero-order chi connectivity index (χ0) is 24.2. The summed E-state index contributed by atoms with van der Waals surface area (Å²) in [7, 11) is 3.18. The van der Waals surface area contributed by atoms with Gasteiger partial charge in [0.2, 0.25) is 0 Å². The standard InChI is InChI=1S/C25H18Cl3N3O3/c1-33-18-7-3-15(4-8-18)11-20-24(29-14-16-5-9-19(34-2)10-6-16)30-31(25(20)32)23-21(27)12-17(26)13-22(23)28/h3-14H,1-2H3. The molecule has 4 rings (SSSR count). The molecular weight excluding hydrogens is 497 g/mol. The van der Waals surface area contributed by atoms with Gasteiger partial charge >= 0.3 is 0 Å². The van der Waals surface area contributed by atoms with Crippen molar-refractivity contribution in [1.82, 2.24) is 0 Å². The second kappa shape index (κ2) is 10.3. The van der Waals surface area contributed by atoms with E-state index in [1.807, 2.05) is 36.4 Å². The van der Waals surface area contributed by atoms with Crippen LogP contribution in [0.3, 0.4) is 0 Å². The van der Waals surface area contributed by atoms with Gasteiger partial charge in [0.1, 0.15) is 17.2 Å². The van der Waals surface area contributed by atoms with Crippen molar-refractivity contribution < 1.29 is 14.3 Å². The number of ether oxygens (including phenoxy) is 2. The van der Waals surface area contributed by atoms with Gasteiger partial charge in [-0.1, -0.05) is 46.9 Å². The molecule has 1 aliphatic rings. The smallest absolute Gasteiger partial charge is 0.282 e. The van der Waals surface area contributed by atoms with Crippen molar-refractivity contribution >= 4 is 64.5 Å². The fourth-order valence-corrected chi connectivity index (χ4v) is 4.18. The molecule has 0 saturated carbocycles. The quantitative estimate of drug-likeness (QED) is 0.287. The van der Waals surface area contributed by atoms with Crippen molar-refractivity contribution in [3.8, 4) is 11.5 Å². The molecule has 0 spiro atoms. The number of hydrazone groups is 1. The molecular formula is C25H18Cl3N3O3. The minimum Gasteiger partial charge on any atom is -0.497 e. The Bertz CT molecular complexity index is 1290. The van der Waals surface area contributed by atoms with Crippen LogP contribution in [0.1, 0.15) is 11.1 Å². The summed E-state index contributed by atoms with van der Waals surface area (Å²) in [5.41, 5.74) is 2.08. The van der Waals surface area contributed by atoms with E-state index in [-0.39, 0.29) is 27.1 Å². The van der Waals surface area contributed by atoms with Crippen molar-refractivity contribution in [2.75, 3.05) is 19.2 Å². The molecule has 3 aromatic carbocycles. The summed E-state index contributed by atoms with van der Waals surface area (Å²) in [6.07, 6.45) is 3.31. The predicted octanol–water partition coefficient (Wildman–Crippen LogP) is 6.53. The van der Waals surface area contributed by atoms with E-state index in [1.54, 1.807) is 38.6 Å². The van der Waals surface area contributed by atoms with E-state index in [0.29, 0.717) is 10.8 Å². The highest BCUT2D eigenvalue weighted by molar-refractivity contribution is 6.44. The first-order chi connectivity index (χ1) is 16.4. The number of methoxy groups -OCH3 is 2. The molecule has 0 saturated heterocycles. The van der Waals surface area contributed by atoms with Gasteiger partial charge in [-0.05, 0) is 65.7 Å². The molecule has 6 nitrogen and oxygen atoms in total. The number of hydrogen-bond acceptors (Lipinski definition) is 5. The lowest BCUT2D eigenvalue weighted by Gasteiger charge is -2.15. The largest absolute Gasteiger partial charge is 0.497 e. The Labute approximate surface area is 211 Å². The SMILES string of the molecule is COc1ccc(C=NC2=NN(c3c(Cl)cc(Cl)cc3Cl)C(=O)C2=Cc2ccc(OC)cc2)cc1. The lowest BCUT2D eigenvalue weighted by Crippen LogP contribution is -2.22. The number of benzene rings is 3. The maximum atomic E-state index is 13.4. The molecule has 0 atom stereocenters. The number of amidine groups is 1. The summed E-state index contributed by atoms with van der Waals surface area (Å²) >= 11 is 18.7. The van der Waals surface area contributed by atoms with Crippen LogP contribution in [-0.2, 0) is 4.79 Å². The van der Waals surface area contributed by atoms with Crippen LogP contribution >= 0.6 is 34.8 Å².